The van der Waals surface area contributed by atoms with E-state index in [1.165, 1.54) is 5.56 Å². The van der Waals surface area contributed by atoms with Crippen LogP contribution in [0.1, 0.15) is 25.1 Å². The normalized spacial score (nSPS) is 12.0. The fraction of sp³-hybridized carbons (Fsp3) is 0.389. The Morgan fingerprint density at radius 1 is 1.17 bits per heavy atom. The molecule has 0 saturated carbocycles. The first-order chi connectivity index (χ1) is 11.5. The molecule has 0 aliphatic carbocycles. The number of pyridine rings is 1. The molecule has 6 heteroatoms. The summed E-state index contributed by atoms with van der Waals surface area (Å²) in [5.41, 5.74) is 6.17. The number of hydrogen-bond donors (Lipinski definition) is 2. The molecule has 0 spiro atoms. The van der Waals surface area contributed by atoms with Gasteiger partial charge in [0.25, 0.3) is 0 Å². The van der Waals surface area contributed by atoms with Crippen LogP contribution in [-0.4, -0.2) is 37.4 Å². The second-order valence-electron chi connectivity index (χ2n) is 6.77. The van der Waals surface area contributed by atoms with E-state index in [1.54, 1.807) is 0 Å². The molecular weight excluding hydrogens is 368 g/mol. The Balaban J connectivity index is 2.09. The van der Waals surface area contributed by atoms with Gasteiger partial charge in [0.2, 0.25) is 0 Å². The Bertz CT molecular complexity index is 827. The van der Waals surface area contributed by atoms with Crippen molar-refractivity contribution >= 4 is 27.0 Å². The van der Waals surface area contributed by atoms with Gasteiger partial charge in [0, 0.05) is 35.8 Å². The number of halogens is 1. The van der Waals surface area contributed by atoms with Crippen molar-refractivity contribution in [2.75, 3.05) is 11.9 Å². The molecule has 0 amide bonds. The van der Waals surface area contributed by atoms with E-state index < -0.39 is 0 Å². The van der Waals surface area contributed by atoms with Gasteiger partial charge < -0.3 is 5.11 Å². The largest absolute Gasteiger partial charge is 0.396 e. The number of aromatic nitrogens is 4. The molecule has 0 radical (unpaired) electrons. The fourth-order valence-corrected chi connectivity index (χ4v) is 2.99. The lowest BCUT2D eigenvalue weighted by atomic mass is 9.84. The summed E-state index contributed by atoms with van der Waals surface area (Å²) in [5, 5.41) is 21.3. The Kier molecular flexibility index (Phi) is 4.96. The molecule has 5 nitrogen and oxygen atoms in total. The van der Waals surface area contributed by atoms with Crippen LogP contribution in [0.5, 0.6) is 0 Å². The van der Waals surface area contributed by atoms with Gasteiger partial charge in [-0.25, -0.2) is 0 Å². The van der Waals surface area contributed by atoms with Gasteiger partial charge in [-0.2, -0.15) is 15.4 Å². The molecular formula is C18H21BrN4O. The molecule has 2 N–H and O–H groups in total. The maximum absolute atomic E-state index is 9.04. The van der Waals surface area contributed by atoms with Crippen molar-refractivity contribution in [3.05, 3.63) is 41.7 Å². The van der Waals surface area contributed by atoms with Crippen LogP contribution in [0.2, 0.25) is 0 Å². The number of aliphatic hydroxyl groups excluding tert-OH is 1. The molecule has 126 valence electrons. The number of nitrogens with one attached hydrogen (secondary N) is 1. The minimum absolute atomic E-state index is 0.103. The molecule has 2 heterocycles. The lowest BCUT2D eigenvalue weighted by Gasteiger charge is -2.23. The standard InChI is InChI=1S/C18H21BrN4O/c1-18(2,11-19)9-15-14(5-6-16-17(15)22-23-21-16)12-3-4-13(7-8-24)20-10-12/h3-6,10,24H,7-9,11H2,1-2H3,(H,21,22,23). The maximum atomic E-state index is 9.04. The summed E-state index contributed by atoms with van der Waals surface area (Å²) >= 11 is 3.61. The van der Waals surface area contributed by atoms with Crippen LogP contribution in [0.3, 0.4) is 0 Å². The lowest BCUT2D eigenvalue weighted by molar-refractivity contribution is 0.298. The SMILES string of the molecule is CC(C)(CBr)Cc1c(-c2ccc(CCO)nc2)ccc2n[nH]nc12. The van der Waals surface area contributed by atoms with Gasteiger partial charge in [-0.05, 0) is 35.1 Å². The Morgan fingerprint density at radius 3 is 2.67 bits per heavy atom. The molecule has 0 saturated heterocycles. The van der Waals surface area contributed by atoms with Gasteiger partial charge in [0.05, 0.1) is 0 Å². The lowest BCUT2D eigenvalue weighted by Crippen LogP contribution is -2.17. The smallest absolute Gasteiger partial charge is 0.116 e. The van der Waals surface area contributed by atoms with Crippen molar-refractivity contribution in [1.82, 2.24) is 20.4 Å². The fourth-order valence-electron chi connectivity index (χ4n) is 2.79. The van der Waals surface area contributed by atoms with Gasteiger partial charge in [-0.3, -0.25) is 4.98 Å². The van der Waals surface area contributed by atoms with Gasteiger partial charge in [0.1, 0.15) is 11.0 Å². The summed E-state index contributed by atoms with van der Waals surface area (Å²) in [6.07, 6.45) is 3.33. The number of fused-ring (bicyclic) bond motifs is 1. The highest BCUT2D eigenvalue weighted by Gasteiger charge is 2.22. The van der Waals surface area contributed by atoms with Gasteiger partial charge in [0.15, 0.2) is 0 Å². The highest BCUT2D eigenvalue weighted by molar-refractivity contribution is 9.09. The summed E-state index contributed by atoms with van der Waals surface area (Å²) in [5.74, 6) is 0. The zero-order valence-corrected chi connectivity index (χ0v) is 15.5. The molecule has 1 aromatic carbocycles. The second kappa shape index (κ2) is 6.99. The topological polar surface area (TPSA) is 74.7 Å². The van der Waals surface area contributed by atoms with E-state index in [0.717, 1.165) is 39.6 Å². The van der Waals surface area contributed by atoms with Gasteiger partial charge in [-0.15, -0.1) is 0 Å². The molecule has 2 aromatic heterocycles. The predicted octanol–water partition coefficient (Wildman–Crippen LogP) is 3.52. The summed E-state index contributed by atoms with van der Waals surface area (Å²) in [6.45, 7) is 4.57. The third-order valence-electron chi connectivity index (χ3n) is 4.11. The number of nitrogens with zero attached hydrogens (tertiary/aromatic N) is 3. The summed E-state index contributed by atoms with van der Waals surface area (Å²) < 4.78 is 0. The molecule has 24 heavy (non-hydrogen) atoms. The third kappa shape index (κ3) is 3.49. The third-order valence-corrected chi connectivity index (χ3v) is 5.63. The average Bonchev–Trinajstić information content (AvgIpc) is 3.05. The second-order valence-corrected chi connectivity index (χ2v) is 7.33. The van der Waals surface area contributed by atoms with Crippen LogP contribution >= 0.6 is 15.9 Å². The molecule has 0 fully saturated rings. The van der Waals surface area contributed by atoms with Gasteiger partial charge in [-0.1, -0.05) is 41.9 Å². The maximum Gasteiger partial charge on any atom is 0.116 e. The van der Waals surface area contributed by atoms with E-state index in [-0.39, 0.29) is 12.0 Å². The predicted molar refractivity (Wildman–Crippen MR) is 99.2 cm³/mol. The molecule has 0 unspecified atom stereocenters. The first-order valence-corrected chi connectivity index (χ1v) is 9.11. The van der Waals surface area contributed by atoms with E-state index in [0.29, 0.717) is 6.42 Å². The highest BCUT2D eigenvalue weighted by atomic mass is 79.9. The van der Waals surface area contributed by atoms with Crippen LogP contribution in [0.15, 0.2) is 30.5 Å². The van der Waals surface area contributed by atoms with Crippen LogP contribution in [0.4, 0.5) is 0 Å². The number of aliphatic hydroxyl groups is 1. The summed E-state index contributed by atoms with van der Waals surface area (Å²) in [6, 6.07) is 8.11. The monoisotopic (exact) mass is 388 g/mol. The molecule has 0 bridgehead atoms. The number of benzene rings is 1. The van der Waals surface area contributed by atoms with Crippen molar-refractivity contribution in [1.29, 1.82) is 0 Å². The first kappa shape index (κ1) is 17.0. The molecule has 3 aromatic rings. The van der Waals surface area contributed by atoms with Crippen molar-refractivity contribution < 1.29 is 5.11 Å². The van der Waals surface area contributed by atoms with Crippen molar-refractivity contribution in [2.24, 2.45) is 5.41 Å². The zero-order chi connectivity index (χ0) is 17.2. The van der Waals surface area contributed by atoms with Crippen LogP contribution in [0, 0.1) is 5.41 Å². The van der Waals surface area contributed by atoms with Crippen molar-refractivity contribution in [3.8, 4) is 11.1 Å². The zero-order valence-electron chi connectivity index (χ0n) is 13.9. The quantitative estimate of drug-likeness (QED) is 0.633. The van der Waals surface area contributed by atoms with Crippen LogP contribution in [-0.2, 0) is 12.8 Å². The van der Waals surface area contributed by atoms with Crippen molar-refractivity contribution in [2.45, 2.75) is 26.7 Å². The van der Waals surface area contributed by atoms with Gasteiger partial charge >= 0.3 is 0 Å². The summed E-state index contributed by atoms with van der Waals surface area (Å²) in [4.78, 5) is 4.46. The number of alkyl halides is 1. The summed E-state index contributed by atoms with van der Waals surface area (Å²) in [7, 11) is 0. The number of rotatable bonds is 6. The highest BCUT2D eigenvalue weighted by Crippen LogP contribution is 2.34. The molecule has 0 aliphatic rings. The first-order valence-electron chi connectivity index (χ1n) is 7.98. The van der Waals surface area contributed by atoms with E-state index in [4.69, 9.17) is 5.11 Å². The van der Waals surface area contributed by atoms with E-state index in [2.05, 4.69) is 62.3 Å². The van der Waals surface area contributed by atoms with E-state index in [9.17, 15) is 0 Å². The minimum Gasteiger partial charge on any atom is -0.396 e. The van der Waals surface area contributed by atoms with Crippen molar-refractivity contribution in [3.63, 3.8) is 0 Å². The van der Waals surface area contributed by atoms with Crippen LogP contribution < -0.4 is 0 Å². The number of H-pyrrole nitrogens is 1. The number of aromatic amines is 1. The molecule has 3 rings (SSSR count). The average molecular weight is 389 g/mol. The molecule has 0 aliphatic heterocycles. The minimum atomic E-state index is 0.103. The van der Waals surface area contributed by atoms with E-state index >= 15 is 0 Å². The molecule has 0 atom stereocenters. The Hall–Kier alpha value is -1.79. The Morgan fingerprint density at radius 2 is 2.00 bits per heavy atom. The number of hydrogen-bond acceptors (Lipinski definition) is 4. The Labute approximate surface area is 149 Å². The van der Waals surface area contributed by atoms with E-state index in [1.807, 2.05) is 18.3 Å². The van der Waals surface area contributed by atoms with Crippen LogP contribution in [0.25, 0.3) is 22.2 Å².